The van der Waals surface area contributed by atoms with Gasteiger partial charge in [-0.2, -0.15) is 10.4 Å². The molecule has 0 aliphatic heterocycles. The van der Waals surface area contributed by atoms with Crippen LogP contribution in [0.1, 0.15) is 16.8 Å². The summed E-state index contributed by atoms with van der Waals surface area (Å²) in [4.78, 5) is 0.248. The molecule has 0 spiro atoms. The zero-order valence-corrected chi connectivity index (χ0v) is 18.1. The highest BCUT2D eigenvalue weighted by atomic mass is 32.2. The summed E-state index contributed by atoms with van der Waals surface area (Å²) in [5.74, 6) is 0. The van der Waals surface area contributed by atoms with E-state index in [1.54, 1.807) is 28.9 Å². The van der Waals surface area contributed by atoms with Gasteiger partial charge in [0.1, 0.15) is 17.5 Å². The Balaban J connectivity index is 1.90. The van der Waals surface area contributed by atoms with Gasteiger partial charge in [0.25, 0.3) is 0 Å². The molecule has 31 heavy (non-hydrogen) atoms. The fourth-order valence-electron chi connectivity index (χ4n) is 3.50. The van der Waals surface area contributed by atoms with Crippen LogP contribution in [0.3, 0.4) is 0 Å². The van der Waals surface area contributed by atoms with E-state index in [2.05, 4.69) is 6.07 Å². The van der Waals surface area contributed by atoms with E-state index in [-0.39, 0.29) is 4.90 Å². The van der Waals surface area contributed by atoms with Gasteiger partial charge in [-0.05, 0) is 30.2 Å². The SMILES string of the molecule is Cc1ccc(-c2c(-c3ccc(S(C)(=O)=O)cc3)nn(Cc3ccccc3)c2C#N)cc1. The molecule has 0 amide bonds. The molecule has 1 heterocycles. The van der Waals surface area contributed by atoms with Gasteiger partial charge in [-0.3, -0.25) is 0 Å². The van der Waals surface area contributed by atoms with Crippen LogP contribution in [0, 0.1) is 18.3 Å². The van der Waals surface area contributed by atoms with Crippen molar-refractivity contribution in [1.29, 1.82) is 5.26 Å². The van der Waals surface area contributed by atoms with E-state index >= 15 is 0 Å². The van der Waals surface area contributed by atoms with Crippen LogP contribution in [0.4, 0.5) is 0 Å². The van der Waals surface area contributed by atoms with Gasteiger partial charge < -0.3 is 0 Å². The van der Waals surface area contributed by atoms with Crippen molar-refractivity contribution >= 4 is 9.84 Å². The second-order valence-electron chi connectivity index (χ2n) is 7.49. The first-order valence-corrected chi connectivity index (χ1v) is 11.7. The monoisotopic (exact) mass is 427 g/mol. The van der Waals surface area contributed by atoms with E-state index < -0.39 is 9.84 Å². The fraction of sp³-hybridized carbons (Fsp3) is 0.120. The lowest BCUT2D eigenvalue weighted by molar-refractivity contribution is 0.602. The molecule has 4 aromatic rings. The highest BCUT2D eigenvalue weighted by Crippen LogP contribution is 2.35. The molecule has 0 fully saturated rings. The Hall–Kier alpha value is -3.69. The first-order valence-electron chi connectivity index (χ1n) is 9.79. The van der Waals surface area contributed by atoms with E-state index in [0.717, 1.165) is 27.8 Å². The minimum Gasteiger partial charge on any atom is -0.249 e. The topological polar surface area (TPSA) is 75.8 Å². The molecule has 0 saturated carbocycles. The minimum absolute atomic E-state index is 0.248. The summed E-state index contributed by atoms with van der Waals surface area (Å²) in [7, 11) is -3.30. The molecular formula is C25H21N3O2S. The van der Waals surface area contributed by atoms with Gasteiger partial charge in [-0.15, -0.1) is 0 Å². The maximum Gasteiger partial charge on any atom is 0.175 e. The molecule has 0 bridgehead atoms. The van der Waals surface area contributed by atoms with Gasteiger partial charge >= 0.3 is 0 Å². The van der Waals surface area contributed by atoms with Gasteiger partial charge in [0.15, 0.2) is 9.84 Å². The molecule has 0 aliphatic carbocycles. The molecular weight excluding hydrogens is 406 g/mol. The summed E-state index contributed by atoms with van der Waals surface area (Å²) in [5.41, 5.74) is 5.67. The molecule has 4 rings (SSSR count). The van der Waals surface area contributed by atoms with Gasteiger partial charge in [0.2, 0.25) is 0 Å². The molecule has 0 radical (unpaired) electrons. The zero-order valence-electron chi connectivity index (χ0n) is 17.3. The van der Waals surface area contributed by atoms with Gasteiger partial charge in [-0.25, -0.2) is 13.1 Å². The van der Waals surface area contributed by atoms with E-state index in [9.17, 15) is 13.7 Å². The van der Waals surface area contributed by atoms with Crippen LogP contribution in [0.2, 0.25) is 0 Å². The van der Waals surface area contributed by atoms with Crippen molar-refractivity contribution in [2.75, 3.05) is 6.26 Å². The number of aryl methyl sites for hydroxylation is 1. The molecule has 6 heteroatoms. The van der Waals surface area contributed by atoms with Crippen molar-refractivity contribution < 1.29 is 8.42 Å². The van der Waals surface area contributed by atoms with Crippen LogP contribution >= 0.6 is 0 Å². The lowest BCUT2D eigenvalue weighted by Gasteiger charge is -2.06. The molecule has 0 unspecified atom stereocenters. The van der Waals surface area contributed by atoms with Gasteiger partial charge in [0, 0.05) is 17.4 Å². The Kier molecular flexibility index (Phi) is 5.45. The van der Waals surface area contributed by atoms with Crippen molar-refractivity contribution in [3.05, 3.63) is 95.7 Å². The molecule has 3 aromatic carbocycles. The molecule has 0 N–H and O–H groups in total. The zero-order chi connectivity index (χ0) is 22.0. The summed E-state index contributed by atoms with van der Waals surface area (Å²) in [5, 5.41) is 14.8. The van der Waals surface area contributed by atoms with Gasteiger partial charge in [-0.1, -0.05) is 72.3 Å². The van der Waals surface area contributed by atoms with E-state index in [1.165, 1.54) is 6.26 Å². The molecule has 0 atom stereocenters. The Morgan fingerprint density at radius 1 is 0.903 bits per heavy atom. The number of nitriles is 1. The number of hydrogen-bond acceptors (Lipinski definition) is 4. The molecule has 1 aromatic heterocycles. The molecule has 154 valence electrons. The Morgan fingerprint density at radius 2 is 1.52 bits per heavy atom. The number of aromatic nitrogens is 2. The second kappa shape index (κ2) is 8.21. The van der Waals surface area contributed by atoms with E-state index in [4.69, 9.17) is 5.10 Å². The van der Waals surface area contributed by atoms with Crippen molar-refractivity contribution in [3.8, 4) is 28.5 Å². The predicted octanol–water partition coefficient (Wildman–Crippen LogP) is 4.85. The number of rotatable bonds is 5. The van der Waals surface area contributed by atoms with Crippen LogP contribution in [0.15, 0.2) is 83.8 Å². The third-order valence-electron chi connectivity index (χ3n) is 5.13. The highest BCUT2D eigenvalue weighted by Gasteiger charge is 2.21. The Labute approximate surface area is 182 Å². The highest BCUT2D eigenvalue weighted by molar-refractivity contribution is 7.90. The molecule has 5 nitrogen and oxygen atoms in total. The molecule has 0 saturated heterocycles. The summed E-state index contributed by atoms with van der Waals surface area (Å²) in [6.45, 7) is 2.47. The standard InChI is InChI=1S/C25H21N3O2S/c1-18-8-10-20(11-9-18)24-23(16-26)28(17-19-6-4-3-5-7-19)27-25(24)21-12-14-22(15-13-21)31(2,29)30/h3-15H,17H2,1-2H3. The third kappa shape index (κ3) is 4.27. The lowest BCUT2D eigenvalue weighted by Crippen LogP contribution is -2.04. The average molecular weight is 428 g/mol. The average Bonchev–Trinajstić information content (AvgIpc) is 3.12. The third-order valence-corrected chi connectivity index (χ3v) is 6.26. The number of hydrogen-bond donors (Lipinski definition) is 0. The van der Waals surface area contributed by atoms with Crippen molar-refractivity contribution in [3.63, 3.8) is 0 Å². The maximum absolute atomic E-state index is 11.8. The Bertz CT molecular complexity index is 1360. The second-order valence-corrected chi connectivity index (χ2v) is 9.51. The van der Waals surface area contributed by atoms with Crippen LogP contribution < -0.4 is 0 Å². The number of benzene rings is 3. The predicted molar refractivity (Wildman–Crippen MR) is 121 cm³/mol. The first-order chi connectivity index (χ1) is 14.9. The van der Waals surface area contributed by atoms with Crippen LogP contribution in [0.25, 0.3) is 22.4 Å². The summed E-state index contributed by atoms with van der Waals surface area (Å²) >= 11 is 0. The fourth-order valence-corrected chi connectivity index (χ4v) is 4.13. The van der Waals surface area contributed by atoms with Crippen molar-refractivity contribution in [1.82, 2.24) is 9.78 Å². The van der Waals surface area contributed by atoms with Crippen LogP contribution in [-0.4, -0.2) is 24.5 Å². The summed E-state index contributed by atoms with van der Waals surface area (Å²) in [6.07, 6.45) is 1.18. The smallest absolute Gasteiger partial charge is 0.175 e. The quantitative estimate of drug-likeness (QED) is 0.456. The first kappa shape index (κ1) is 20.6. The van der Waals surface area contributed by atoms with E-state index in [0.29, 0.717) is 17.9 Å². The molecule has 0 aliphatic rings. The Morgan fingerprint density at radius 3 is 2.10 bits per heavy atom. The van der Waals surface area contributed by atoms with Crippen molar-refractivity contribution in [2.24, 2.45) is 0 Å². The largest absolute Gasteiger partial charge is 0.249 e. The number of sulfone groups is 1. The van der Waals surface area contributed by atoms with Gasteiger partial charge in [0.05, 0.1) is 11.4 Å². The van der Waals surface area contributed by atoms with Crippen LogP contribution in [0.5, 0.6) is 0 Å². The maximum atomic E-state index is 11.8. The van der Waals surface area contributed by atoms with Crippen molar-refractivity contribution in [2.45, 2.75) is 18.4 Å². The van der Waals surface area contributed by atoms with Crippen LogP contribution in [-0.2, 0) is 16.4 Å². The minimum atomic E-state index is -3.30. The normalized spacial score (nSPS) is 11.3. The lowest BCUT2D eigenvalue weighted by atomic mass is 9.98. The summed E-state index contributed by atoms with van der Waals surface area (Å²) in [6, 6.07) is 26.8. The van der Waals surface area contributed by atoms with E-state index in [1.807, 2.05) is 61.5 Å². The number of nitrogens with zero attached hydrogens (tertiary/aromatic N) is 3. The summed E-state index contributed by atoms with van der Waals surface area (Å²) < 4.78 is 25.4.